The predicted molar refractivity (Wildman–Crippen MR) is 43.9 cm³/mol. The molecular formula is C9H14NO+. The predicted octanol–water partition coefficient (Wildman–Crippen LogP) is -0.168. The molecule has 4 N–H and O–H groups in total. The minimum absolute atomic E-state index is 0.123. The van der Waals surface area contributed by atoms with Crippen LogP contribution in [0.15, 0.2) is 30.3 Å². The fourth-order valence-electron chi connectivity index (χ4n) is 1.01. The van der Waals surface area contributed by atoms with E-state index in [1.54, 1.807) is 0 Å². The molecule has 0 radical (unpaired) electrons. The number of quaternary nitrogens is 1. The minimum atomic E-state index is 0.123. The molecule has 0 fully saturated rings. The molecule has 1 aromatic rings. The number of hydrogen-bond acceptors (Lipinski definition) is 1. The first-order valence-electron chi connectivity index (χ1n) is 3.81. The van der Waals surface area contributed by atoms with Gasteiger partial charge in [0, 0.05) is 6.42 Å². The highest BCUT2D eigenvalue weighted by Gasteiger charge is 2.03. The van der Waals surface area contributed by atoms with Crippen LogP contribution in [0.5, 0.6) is 0 Å². The van der Waals surface area contributed by atoms with E-state index in [0.717, 1.165) is 6.42 Å². The molecule has 11 heavy (non-hydrogen) atoms. The standard InChI is InChI=1S/C9H13NO/c10-9(7-11)6-8-4-2-1-3-5-8/h1-5,9,11H,6-7,10H2/p+1/t9-/m1/s1. The van der Waals surface area contributed by atoms with Crippen LogP contribution in [-0.4, -0.2) is 17.8 Å². The fourth-order valence-corrected chi connectivity index (χ4v) is 1.01. The van der Waals surface area contributed by atoms with Crippen molar-refractivity contribution in [1.29, 1.82) is 0 Å². The Morgan fingerprint density at radius 1 is 1.27 bits per heavy atom. The zero-order chi connectivity index (χ0) is 8.10. The number of rotatable bonds is 3. The number of aliphatic hydroxyl groups excluding tert-OH is 1. The first kappa shape index (κ1) is 8.24. The van der Waals surface area contributed by atoms with Gasteiger partial charge in [-0.05, 0) is 5.56 Å². The second kappa shape index (κ2) is 4.11. The van der Waals surface area contributed by atoms with Gasteiger partial charge in [-0.3, -0.25) is 0 Å². The van der Waals surface area contributed by atoms with Crippen molar-refractivity contribution in [3.8, 4) is 0 Å². The Kier molecular flexibility index (Phi) is 3.08. The third-order valence-electron chi connectivity index (χ3n) is 1.63. The van der Waals surface area contributed by atoms with Crippen molar-refractivity contribution in [1.82, 2.24) is 0 Å². The van der Waals surface area contributed by atoms with E-state index in [1.165, 1.54) is 5.56 Å². The maximum absolute atomic E-state index is 8.73. The summed E-state index contributed by atoms with van der Waals surface area (Å²) in [5, 5.41) is 8.73. The van der Waals surface area contributed by atoms with Gasteiger partial charge in [-0.25, -0.2) is 0 Å². The van der Waals surface area contributed by atoms with E-state index in [9.17, 15) is 0 Å². The molecule has 0 heterocycles. The van der Waals surface area contributed by atoms with E-state index in [2.05, 4.69) is 5.73 Å². The normalized spacial score (nSPS) is 12.9. The van der Waals surface area contributed by atoms with Crippen molar-refractivity contribution in [2.75, 3.05) is 6.61 Å². The van der Waals surface area contributed by atoms with Gasteiger partial charge in [-0.15, -0.1) is 0 Å². The lowest BCUT2D eigenvalue weighted by Crippen LogP contribution is -2.63. The molecule has 0 spiro atoms. The van der Waals surface area contributed by atoms with Crippen molar-refractivity contribution >= 4 is 0 Å². The lowest BCUT2D eigenvalue weighted by molar-refractivity contribution is -0.424. The van der Waals surface area contributed by atoms with Gasteiger partial charge in [0.05, 0.1) is 6.61 Å². The Hall–Kier alpha value is -0.860. The molecule has 2 nitrogen and oxygen atoms in total. The van der Waals surface area contributed by atoms with Crippen molar-refractivity contribution in [2.45, 2.75) is 12.5 Å². The Labute approximate surface area is 66.7 Å². The van der Waals surface area contributed by atoms with Gasteiger partial charge in [0.15, 0.2) is 0 Å². The topological polar surface area (TPSA) is 47.9 Å². The molecule has 2 heteroatoms. The summed E-state index contributed by atoms with van der Waals surface area (Å²) in [6, 6.07) is 10.2. The van der Waals surface area contributed by atoms with Gasteiger partial charge in [-0.2, -0.15) is 0 Å². The van der Waals surface area contributed by atoms with Crippen LogP contribution in [-0.2, 0) is 6.42 Å². The average Bonchev–Trinajstić information content (AvgIpc) is 2.06. The quantitative estimate of drug-likeness (QED) is 0.620. The van der Waals surface area contributed by atoms with Crippen molar-refractivity contribution in [3.63, 3.8) is 0 Å². The van der Waals surface area contributed by atoms with Crippen LogP contribution in [0, 0.1) is 0 Å². The highest BCUT2D eigenvalue weighted by atomic mass is 16.3. The summed E-state index contributed by atoms with van der Waals surface area (Å²) in [4.78, 5) is 0. The highest BCUT2D eigenvalue weighted by molar-refractivity contribution is 5.15. The second-order valence-electron chi connectivity index (χ2n) is 2.74. The lowest BCUT2D eigenvalue weighted by Gasteiger charge is -2.03. The smallest absolute Gasteiger partial charge is 0.112 e. The van der Waals surface area contributed by atoms with E-state index in [4.69, 9.17) is 5.11 Å². The zero-order valence-electron chi connectivity index (χ0n) is 6.53. The van der Waals surface area contributed by atoms with Gasteiger partial charge in [-0.1, -0.05) is 30.3 Å². The van der Waals surface area contributed by atoms with Crippen molar-refractivity contribution in [2.24, 2.45) is 0 Å². The molecule has 1 atom stereocenters. The minimum Gasteiger partial charge on any atom is -0.390 e. The summed E-state index contributed by atoms with van der Waals surface area (Å²) in [6.45, 7) is 0.162. The van der Waals surface area contributed by atoms with Crippen molar-refractivity contribution < 1.29 is 10.8 Å². The van der Waals surface area contributed by atoms with Crippen LogP contribution in [0.3, 0.4) is 0 Å². The van der Waals surface area contributed by atoms with Crippen molar-refractivity contribution in [3.05, 3.63) is 35.9 Å². The molecule has 0 aromatic heterocycles. The van der Waals surface area contributed by atoms with Crippen LogP contribution in [0.2, 0.25) is 0 Å². The van der Waals surface area contributed by atoms with Gasteiger partial charge in [0.2, 0.25) is 0 Å². The molecule has 0 aliphatic rings. The monoisotopic (exact) mass is 152 g/mol. The summed E-state index contributed by atoms with van der Waals surface area (Å²) in [7, 11) is 0. The molecular weight excluding hydrogens is 138 g/mol. The Bertz CT molecular complexity index is 198. The Balaban J connectivity index is 2.51. The molecule has 1 aromatic carbocycles. The molecule has 60 valence electrons. The van der Waals surface area contributed by atoms with Gasteiger partial charge in [0.25, 0.3) is 0 Å². The maximum Gasteiger partial charge on any atom is 0.112 e. The van der Waals surface area contributed by atoms with E-state index >= 15 is 0 Å². The molecule has 0 bridgehead atoms. The first-order chi connectivity index (χ1) is 5.33. The highest BCUT2D eigenvalue weighted by Crippen LogP contribution is 1.99. The van der Waals surface area contributed by atoms with E-state index in [0.29, 0.717) is 0 Å². The zero-order valence-corrected chi connectivity index (χ0v) is 6.53. The fraction of sp³-hybridized carbons (Fsp3) is 0.333. The molecule has 0 amide bonds. The summed E-state index contributed by atoms with van der Waals surface area (Å²) in [6.07, 6.45) is 0.858. The number of aliphatic hydroxyl groups is 1. The van der Waals surface area contributed by atoms with E-state index in [1.807, 2.05) is 30.3 Å². The van der Waals surface area contributed by atoms with Crippen LogP contribution < -0.4 is 5.73 Å². The van der Waals surface area contributed by atoms with Crippen LogP contribution in [0.25, 0.3) is 0 Å². The molecule has 0 aliphatic heterocycles. The largest absolute Gasteiger partial charge is 0.390 e. The Morgan fingerprint density at radius 3 is 2.45 bits per heavy atom. The Morgan fingerprint density at radius 2 is 1.91 bits per heavy atom. The number of hydrogen-bond donors (Lipinski definition) is 2. The second-order valence-corrected chi connectivity index (χ2v) is 2.74. The third-order valence-corrected chi connectivity index (χ3v) is 1.63. The summed E-state index contributed by atoms with van der Waals surface area (Å²) < 4.78 is 0. The number of benzene rings is 1. The molecule has 0 aliphatic carbocycles. The molecule has 0 saturated heterocycles. The van der Waals surface area contributed by atoms with Gasteiger partial charge in [0.1, 0.15) is 6.04 Å². The molecule has 0 saturated carbocycles. The summed E-state index contributed by atoms with van der Waals surface area (Å²) >= 11 is 0. The van der Waals surface area contributed by atoms with Crippen LogP contribution in [0.1, 0.15) is 5.56 Å². The van der Waals surface area contributed by atoms with E-state index < -0.39 is 0 Å². The molecule has 1 rings (SSSR count). The first-order valence-corrected chi connectivity index (χ1v) is 3.81. The summed E-state index contributed by atoms with van der Waals surface area (Å²) in [5.74, 6) is 0. The molecule has 0 unspecified atom stereocenters. The average molecular weight is 152 g/mol. The van der Waals surface area contributed by atoms with Gasteiger partial charge < -0.3 is 10.8 Å². The third kappa shape index (κ3) is 2.70. The summed E-state index contributed by atoms with van der Waals surface area (Å²) in [5.41, 5.74) is 5.04. The maximum atomic E-state index is 8.73. The SMILES string of the molecule is [NH3+][C@@H](CO)Cc1ccccc1. The van der Waals surface area contributed by atoms with Crippen LogP contribution >= 0.6 is 0 Å². The lowest BCUT2D eigenvalue weighted by atomic mass is 10.1. The van der Waals surface area contributed by atoms with Crippen LogP contribution in [0.4, 0.5) is 0 Å². The van der Waals surface area contributed by atoms with Gasteiger partial charge >= 0.3 is 0 Å². The van der Waals surface area contributed by atoms with E-state index in [-0.39, 0.29) is 12.6 Å².